The molecule has 1 aromatic rings. The van der Waals surface area contributed by atoms with Gasteiger partial charge in [-0.3, -0.25) is 9.59 Å². The third-order valence-electron chi connectivity index (χ3n) is 4.10. The first-order valence-corrected chi connectivity index (χ1v) is 7.45. The molecule has 22 heavy (non-hydrogen) atoms. The second-order valence-corrected chi connectivity index (χ2v) is 5.73. The van der Waals surface area contributed by atoms with Gasteiger partial charge in [-0.25, -0.2) is 0 Å². The van der Waals surface area contributed by atoms with Gasteiger partial charge in [-0.1, -0.05) is 0 Å². The average Bonchev–Trinajstić information content (AvgIpc) is 3.26. The smallest absolute Gasteiger partial charge is 0.227 e. The van der Waals surface area contributed by atoms with E-state index in [1.165, 1.54) is 0 Å². The largest absolute Gasteiger partial charge is 0.497 e. The molecular formula is C16H20N2O4. The summed E-state index contributed by atoms with van der Waals surface area (Å²) in [7, 11) is 3.13. The van der Waals surface area contributed by atoms with Crippen molar-refractivity contribution >= 4 is 17.5 Å². The predicted molar refractivity (Wildman–Crippen MR) is 81.2 cm³/mol. The maximum absolute atomic E-state index is 12.3. The third kappa shape index (κ3) is 2.86. The van der Waals surface area contributed by atoms with Gasteiger partial charge in [0.15, 0.2) is 0 Å². The van der Waals surface area contributed by atoms with Crippen LogP contribution < -0.4 is 19.7 Å². The number of nitrogens with zero attached hydrogens (tertiary/aromatic N) is 1. The zero-order valence-electron chi connectivity index (χ0n) is 12.8. The minimum Gasteiger partial charge on any atom is -0.497 e. The fourth-order valence-corrected chi connectivity index (χ4v) is 2.67. The van der Waals surface area contributed by atoms with E-state index in [1.54, 1.807) is 37.3 Å². The van der Waals surface area contributed by atoms with Crippen molar-refractivity contribution in [3.63, 3.8) is 0 Å². The maximum atomic E-state index is 12.3. The van der Waals surface area contributed by atoms with Crippen LogP contribution in [0, 0.1) is 5.92 Å². The molecule has 1 aromatic carbocycles. The molecule has 118 valence electrons. The Kier molecular flexibility index (Phi) is 3.92. The number of hydrogen-bond acceptors (Lipinski definition) is 4. The number of methoxy groups -OCH3 is 2. The summed E-state index contributed by atoms with van der Waals surface area (Å²) in [5.74, 6) is 0.846. The highest BCUT2D eigenvalue weighted by Gasteiger charge is 2.38. The van der Waals surface area contributed by atoms with E-state index in [0.29, 0.717) is 29.8 Å². The number of benzene rings is 1. The number of amides is 2. The average molecular weight is 304 g/mol. The lowest BCUT2D eigenvalue weighted by Crippen LogP contribution is -2.34. The highest BCUT2D eigenvalue weighted by atomic mass is 16.5. The summed E-state index contributed by atoms with van der Waals surface area (Å²) in [5.41, 5.74) is 0.647. The molecular weight excluding hydrogens is 284 g/mol. The van der Waals surface area contributed by atoms with Crippen molar-refractivity contribution in [2.24, 2.45) is 5.92 Å². The van der Waals surface area contributed by atoms with Crippen LogP contribution in [0.15, 0.2) is 18.2 Å². The fourth-order valence-electron chi connectivity index (χ4n) is 2.67. The van der Waals surface area contributed by atoms with E-state index in [4.69, 9.17) is 9.47 Å². The monoisotopic (exact) mass is 304 g/mol. The molecule has 1 heterocycles. The van der Waals surface area contributed by atoms with E-state index in [2.05, 4.69) is 5.32 Å². The molecule has 2 aliphatic rings. The van der Waals surface area contributed by atoms with Gasteiger partial charge in [0, 0.05) is 25.1 Å². The summed E-state index contributed by atoms with van der Waals surface area (Å²) in [6.07, 6.45) is 2.32. The molecule has 1 aliphatic heterocycles. The normalized spacial score (nSPS) is 20.9. The standard InChI is InChI=1S/C16H20N2O4/c1-21-12-5-6-14(22-2)13(8-12)18-9-10(7-15(18)19)16(20)17-11-3-4-11/h5-6,8,10-11H,3-4,7,9H2,1-2H3,(H,17,20). The van der Waals surface area contributed by atoms with Gasteiger partial charge in [-0.05, 0) is 25.0 Å². The molecule has 1 saturated heterocycles. The highest BCUT2D eigenvalue weighted by Crippen LogP contribution is 2.36. The van der Waals surface area contributed by atoms with Crippen molar-refractivity contribution in [3.8, 4) is 11.5 Å². The van der Waals surface area contributed by atoms with Gasteiger partial charge in [0.2, 0.25) is 11.8 Å². The molecule has 0 aromatic heterocycles. The van der Waals surface area contributed by atoms with Gasteiger partial charge in [-0.2, -0.15) is 0 Å². The molecule has 0 radical (unpaired) electrons. The summed E-state index contributed by atoms with van der Waals surface area (Å²) >= 11 is 0. The minimum atomic E-state index is -0.302. The number of hydrogen-bond donors (Lipinski definition) is 1. The topological polar surface area (TPSA) is 67.9 Å². The lowest BCUT2D eigenvalue weighted by Gasteiger charge is -2.20. The van der Waals surface area contributed by atoms with E-state index in [-0.39, 0.29) is 24.2 Å². The van der Waals surface area contributed by atoms with E-state index in [0.717, 1.165) is 12.8 Å². The van der Waals surface area contributed by atoms with Gasteiger partial charge in [0.1, 0.15) is 11.5 Å². The molecule has 0 bridgehead atoms. The summed E-state index contributed by atoms with van der Waals surface area (Å²) in [6.45, 7) is 0.376. The lowest BCUT2D eigenvalue weighted by atomic mass is 10.1. The van der Waals surface area contributed by atoms with E-state index >= 15 is 0 Å². The van der Waals surface area contributed by atoms with E-state index in [1.807, 2.05) is 0 Å². The summed E-state index contributed by atoms with van der Waals surface area (Å²) in [5, 5.41) is 2.97. The SMILES string of the molecule is COc1ccc(OC)c(N2CC(C(=O)NC3CC3)CC2=O)c1. The van der Waals surface area contributed by atoms with E-state index < -0.39 is 0 Å². The van der Waals surface area contributed by atoms with E-state index in [9.17, 15) is 9.59 Å². The molecule has 0 spiro atoms. The van der Waals surface area contributed by atoms with Crippen LogP contribution in [0.25, 0.3) is 0 Å². The van der Waals surface area contributed by atoms with Gasteiger partial charge < -0.3 is 19.7 Å². The third-order valence-corrected chi connectivity index (χ3v) is 4.10. The molecule has 1 N–H and O–H groups in total. The number of ether oxygens (including phenoxy) is 2. The number of anilines is 1. The zero-order valence-corrected chi connectivity index (χ0v) is 12.8. The predicted octanol–water partition coefficient (Wildman–Crippen LogP) is 1.34. The molecule has 1 aliphatic carbocycles. The first-order chi connectivity index (χ1) is 10.6. The summed E-state index contributed by atoms with van der Waals surface area (Å²) in [6, 6.07) is 5.61. The first kappa shape index (κ1) is 14.7. The second kappa shape index (κ2) is 5.87. The van der Waals surface area contributed by atoms with Crippen molar-refractivity contribution in [3.05, 3.63) is 18.2 Å². The van der Waals surface area contributed by atoms with Crippen molar-refractivity contribution in [1.29, 1.82) is 0 Å². The second-order valence-electron chi connectivity index (χ2n) is 5.73. The van der Waals surface area contributed by atoms with Crippen LogP contribution in [0.4, 0.5) is 5.69 Å². The highest BCUT2D eigenvalue weighted by molar-refractivity contribution is 6.01. The van der Waals surface area contributed by atoms with Gasteiger partial charge in [0.25, 0.3) is 0 Å². The van der Waals surface area contributed by atoms with Crippen LogP contribution in [-0.2, 0) is 9.59 Å². The van der Waals surface area contributed by atoms with Crippen LogP contribution in [0.5, 0.6) is 11.5 Å². The van der Waals surface area contributed by atoms with Crippen LogP contribution in [0.3, 0.4) is 0 Å². The fraction of sp³-hybridized carbons (Fsp3) is 0.500. The Morgan fingerprint density at radius 1 is 1.27 bits per heavy atom. The molecule has 2 fully saturated rings. The molecule has 6 nitrogen and oxygen atoms in total. The molecule has 2 amide bonds. The minimum absolute atomic E-state index is 0.0276. The molecule has 1 unspecified atom stereocenters. The van der Waals surface area contributed by atoms with Crippen LogP contribution in [-0.4, -0.2) is 38.6 Å². The van der Waals surface area contributed by atoms with Crippen molar-refractivity contribution in [2.45, 2.75) is 25.3 Å². The zero-order chi connectivity index (χ0) is 15.7. The summed E-state index contributed by atoms with van der Waals surface area (Å²) in [4.78, 5) is 26.1. The Morgan fingerprint density at radius 3 is 2.68 bits per heavy atom. The number of carbonyl (C=O) groups excluding carboxylic acids is 2. The van der Waals surface area contributed by atoms with Crippen molar-refractivity contribution in [1.82, 2.24) is 5.32 Å². The Labute approximate surface area is 129 Å². The molecule has 6 heteroatoms. The Bertz CT molecular complexity index is 598. The Hall–Kier alpha value is -2.24. The number of rotatable bonds is 5. The first-order valence-electron chi connectivity index (χ1n) is 7.45. The number of carbonyl (C=O) groups is 2. The van der Waals surface area contributed by atoms with Gasteiger partial charge in [0.05, 0.1) is 25.8 Å². The van der Waals surface area contributed by atoms with Crippen molar-refractivity contribution in [2.75, 3.05) is 25.7 Å². The van der Waals surface area contributed by atoms with Crippen molar-refractivity contribution < 1.29 is 19.1 Å². The Morgan fingerprint density at radius 2 is 2.05 bits per heavy atom. The van der Waals surface area contributed by atoms with Crippen LogP contribution >= 0.6 is 0 Å². The maximum Gasteiger partial charge on any atom is 0.227 e. The summed E-state index contributed by atoms with van der Waals surface area (Å²) < 4.78 is 10.5. The lowest BCUT2D eigenvalue weighted by molar-refractivity contribution is -0.126. The number of nitrogens with one attached hydrogen (secondary N) is 1. The Balaban J connectivity index is 1.79. The molecule has 1 atom stereocenters. The van der Waals surface area contributed by atoms with Crippen LogP contribution in [0.1, 0.15) is 19.3 Å². The quantitative estimate of drug-likeness (QED) is 0.891. The molecule has 3 rings (SSSR count). The molecule has 1 saturated carbocycles. The van der Waals surface area contributed by atoms with Gasteiger partial charge >= 0.3 is 0 Å². The van der Waals surface area contributed by atoms with Gasteiger partial charge in [-0.15, -0.1) is 0 Å². The van der Waals surface area contributed by atoms with Crippen LogP contribution in [0.2, 0.25) is 0 Å².